The molecule has 0 N–H and O–H groups in total. The zero-order valence-corrected chi connectivity index (χ0v) is 22.7. The van der Waals surface area contributed by atoms with E-state index in [0.29, 0.717) is 64.6 Å². The van der Waals surface area contributed by atoms with Gasteiger partial charge in [0.15, 0.2) is 16.6 Å². The van der Waals surface area contributed by atoms with Gasteiger partial charge < -0.3 is 18.6 Å². The molecule has 0 unspecified atom stereocenters. The molecular formula is C26H28N4O5S2. The van der Waals surface area contributed by atoms with Crippen LogP contribution in [0.15, 0.2) is 57.5 Å². The number of hydrogen-bond acceptors (Lipinski definition) is 10. The molecule has 0 fully saturated rings. The first-order chi connectivity index (χ1) is 18.0. The van der Waals surface area contributed by atoms with E-state index < -0.39 is 0 Å². The minimum Gasteiger partial charge on any atom is -0.490 e. The topological polar surface area (TPSA) is 99.8 Å². The van der Waals surface area contributed by atoms with Crippen molar-refractivity contribution in [2.45, 2.75) is 38.7 Å². The third kappa shape index (κ3) is 6.41. The lowest BCUT2D eigenvalue weighted by Gasteiger charge is -2.17. The van der Waals surface area contributed by atoms with E-state index in [1.165, 1.54) is 30.0 Å². The Morgan fingerprint density at radius 2 is 1.68 bits per heavy atom. The van der Waals surface area contributed by atoms with Crippen molar-refractivity contribution in [3.63, 3.8) is 0 Å². The molecule has 2 aromatic heterocycles. The van der Waals surface area contributed by atoms with E-state index in [0.717, 1.165) is 11.4 Å². The van der Waals surface area contributed by atoms with Gasteiger partial charge in [-0.25, -0.2) is 4.98 Å². The van der Waals surface area contributed by atoms with Gasteiger partial charge in [-0.1, -0.05) is 30.0 Å². The first-order valence-electron chi connectivity index (χ1n) is 11.9. The van der Waals surface area contributed by atoms with Gasteiger partial charge >= 0.3 is 0 Å². The van der Waals surface area contributed by atoms with Gasteiger partial charge in [-0.05, 0) is 45.0 Å². The molecule has 9 nitrogen and oxygen atoms in total. The molecule has 0 aliphatic heterocycles. The number of ether oxygens (including phenoxy) is 3. The predicted molar refractivity (Wildman–Crippen MR) is 144 cm³/mol. The lowest BCUT2D eigenvalue weighted by Crippen LogP contribution is -2.22. The number of aromatic nitrogens is 3. The second kappa shape index (κ2) is 12.6. The first kappa shape index (κ1) is 26.5. The molecule has 4 rings (SSSR count). The first-order valence-corrected chi connectivity index (χ1v) is 13.7. The van der Waals surface area contributed by atoms with Gasteiger partial charge in [-0.2, -0.15) is 0 Å². The van der Waals surface area contributed by atoms with Crippen LogP contribution in [0.2, 0.25) is 0 Å². The molecule has 1 amide bonds. The zero-order valence-electron chi connectivity index (χ0n) is 21.1. The fourth-order valence-corrected chi connectivity index (χ4v) is 5.15. The summed E-state index contributed by atoms with van der Waals surface area (Å²) in [6.45, 7) is 8.67. The van der Waals surface area contributed by atoms with Crippen molar-refractivity contribution >= 4 is 39.8 Å². The number of hydrogen-bond donors (Lipinski definition) is 0. The number of carbonyl (C=O) groups is 1. The maximum absolute atomic E-state index is 12.3. The van der Waals surface area contributed by atoms with Crippen LogP contribution >= 0.6 is 23.1 Å². The average molecular weight is 541 g/mol. The molecule has 0 saturated heterocycles. The largest absolute Gasteiger partial charge is 0.490 e. The van der Waals surface area contributed by atoms with Gasteiger partial charge in [0.2, 0.25) is 17.5 Å². The number of rotatable bonds is 12. The second-order valence-electron chi connectivity index (χ2n) is 7.57. The summed E-state index contributed by atoms with van der Waals surface area (Å²) in [5, 5.41) is 11.3. The highest BCUT2D eigenvalue weighted by molar-refractivity contribution is 7.98. The Balaban J connectivity index is 1.50. The summed E-state index contributed by atoms with van der Waals surface area (Å²) in [6.07, 6.45) is 0. The highest BCUT2D eigenvalue weighted by Gasteiger charge is 2.20. The van der Waals surface area contributed by atoms with Crippen LogP contribution in [0.25, 0.3) is 11.5 Å². The predicted octanol–water partition coefficient (Wildman–Crippen LogP) is 6.37. The van der Waals surface area contributed by atoms with E-state index in [2.05, 4.69) is 15.2 Å². The van der Waals surface area contributed by atoms with E-state index >= 15 is 0 Å². The van der Waals surface area contributed by atoms with Crippen molar-refractivity contribution in [3.8, 4) is 28.7 Å². The van der Waals surface area contributed by atoms with Crippen LogP contribution < -0.4 is 19.1 Å². The fraction of sp³-hybridized carbons (Fsp3) is 0.308. The highest BCUT2D eigenvalue weighted by Crippen LogP contribution is 2.42. The minimum atomic E-state index is -0.102. The number of benzene rings is 2. The van der Waals surface area contributed by atoms with Crippen LogP contribution in [0, 0.1) is 0 Å². The third-order valence-electron chi connectivity index (χ3n) is 4.97. The van der Waals surface area contributed by atoms with Crippen molar-refractivity contribution in [1.29, 1.82) is 0 Å². The Morgan fingerprint density at radius 1 is 1.00 bits per heavy atom. The smallest absolute Gasteiger partial charge is 0.277 e. The molecule has 4 aromatic rings. The molecule has 0 aliphatic rings. The molecule has 37 heavy (non-hydrogen) atoms. The summed E-state index contributed by atoms with van der Waals surface area (Å²) in [4.78, 5) is 18.5. The molecule has 11 heteroatoms. The Morgan fingerprint density at radius 3 is 2.30 bits per heavy atom. The Hall–Kier alpha value is -3.57. The number of para-hydroxylation sites is 1. The van der Waals surface area contributed by atoms with Gasteiger partial charge in [-0.3, -0.25) is 9.69 Å². The molecule has 2 aromatic carbocycles. The molecule has 0 bridgehead atoms. The number of anilines is 2. The monoisotopic (exact) mass is 540 g/mol. The van der Waals surface area contributed by atoms with E-state index in [9.17, 15) is 4.79 Å². The van der Waals surface area contributed by atoms with Crippen LogP contribution in [-0.4, -0.2) is 40.9 Å². The summed E-state index contributed by atoms with van der Waals surface area (Å²) < 4.78 is 23.3. The molecule has 0 aliphatic carbocycles. The molecule has 0 saturated carbocycles. The molecule has 0 atom stereocenters. The van der Waals surface area contributed by atoms with Crippen molar-refractivity contribution in [2.75, 3.05) is 24.7 Å². The van der Waals surface area contributed by atoms with Crippen molar-refractivity contribution in [3.05, 3.63) is 53.5 Å². The molecule has 2 heterocycles. The minimum absolute atomic E-state index is 0.102. The molecule has 0 spiro atoms. The fourth-order valence-electron chi connectivity index (χ4n) is 3.50. The standard InChI is InChI=1S/C26H28N4O5S2/c1-5-32-21-13-18(14-22(33-6-2)23(21)34-7-3)24-28-29-26(35-24)37-16-19-15-36-25(27-19)30(17(4)31)20-11-9-8-10-12-20/h8-15H,5-7,16H2,1-4H3. The quantitative estimate of drug-likeness (QED) is 0.190. The van der Waals surface area contributed by atoms with Crippen LogP contribution in [0.5, 0.6) is 17.2 Å². The van der Waals surface area contributed by atoms with Crippen molar-refractivity contribution in [2.24, 2.45) is 0 Å². The summed E-state index contributed by atoms with van der Waals surface area (Å²) in [5.74, 6) is 2.42. The van der Waals surface area contributed by atoms with Gasteiger partial charge in [0.25, 0.3) is 5.22 Å². The number of nitrogens with zero attached hydrogens (tertiary/aromatic N) is 4. The van der Waals surface area contributed by atoms with E-state index in [1.54, 1.807) is 4.90 Å². The number of carbonyl (C=O) groups excluding carboxylic acids is 1. The van der Waals surface area contributed by atoms with Crippen molar-refractivity contribution < 1.29 is 23.4 Å². The third-order valence-corrected chi connectivity index (χ3v) is 6.69. The second-order valence-corrected chi connectivity index (χ2v) is 9.34. The summed E-state index contributed by atoms with van der Waals surface area (Å²) >= 11 is 2.78. The number of thiazole rings is 1. The van der Waals surface area contributed by atoms with Gasteiger partial charge in [-0.15, -0.1) is 21.5 Å². The van der Waals surface area contributed by atoms with Crippen LogP contribution in [0.4, 0.5) is 10.8 Å². The van der Waals surface area contributed by atoms with Gasteiger partial charge in [0.05, 0.1) is 31.2 Å². The van der Waals surface area contributed by atoms with E-state index in [4.69, 9.17) is 18.6 Å². The Labute approximate surface area is 223 Å². The molecule has 194 valence electrons. The van der Waals surface area contributed by atoms with E-state index in [-0.39, 0.29) is 5.91 Å². The van der Waals surface area contributed by atoms with Gasteiger partial charge in [0, 0.05) is 23.6 Å². The average Bonchev–Trinajstić information content (AvgIpc) is 3.55. The zero-order chi connectivity index (χ0) is 26.2. The summed E-state index contributed by atoms with van der Waals surface area (Å²) in [5.41, 5.74) is 2.26. The lowest BCUT2D eigenvalue weighted by molar-refractivity contribution is -0.115. The Bertz CT molecular complexity index is 1300. The normalized spacial score (nSPS) is 10.8. The van der Waals surface area contributed by atoms with Crippen LogP contribution in [-0.2, 0) is 10.5 Å². The molecule has 0 radical (unpaired) electrons. The molecular weight excluding hydrogens is 512 g/mol. The highest BCUT2D eigenvalue weighted by atomic mass is 32.2. The van der Waals surface area contributed by atoms with E-state index in [1.807, 2.05) is 68.6 Å². The maximum Gasteiger partial charge on any atom is 0.277 e. The lowest BCUT2D eigenvalue weighted by atomic mass is 10.2. The number of thioether (sulfide) groups is 1. The summed E-state index contributed by atoms with van der Waals surface area (Å²) in [7, 11) is 0. The SMILES string of the molecule is CCOc1cc(-c2nnc(SCc3csc(N(C(C)=O)c4ccccc4)n3)o2)cc(OCC)c1OCC. The van der Waals surface area contributed by atoms with Crippen LogP contribution in [0.1, 0.15) is 33.4 Å². The number of amides is 1. The maximum atomic E-state index is 12.3. The van der Waals surface area contributed by atoms with Gasteiger partial charge in [0.1, 0.15) is 0 Å². The van der Waals surface area contributed by atoms with Crippen LogP contribution in [0.3, 0.4) is 0 Å². The van der Waals surface area contributed by atoms with Crippen molar-refractivity contribution in [1.82, 2.24) is 15.2 Å². The summed E-state index contributed by atoms with van der Waals surface area (Å²) in [6, 6.07) is 13.1. The Kier molecular flexibility index (Phi) is 9.02.